The number of pyridine rings is 1. The third-order valence-electron chi connectivity index (χ3n) is 10.7. The fourth-order valence-electron chi connectivity index (χ4n) is 7.71. The zero-order valence-electron chi connectivity index (χ0n) is 29.2. The summed E-state index contributed by atoms with van der Waals surface area (Å²) in [5.41, 5.74) is 0.774. The molecule has 1 aliphatic carbocycles. The van der Waals surface area contributed by atoms with Crippen LogP contribution in [0.2, 0.25) is 5.15 Å². The Bertz CT molecular complexity index is 1710. The summed E-state index contributed by atoms with van der Waals surface area (Å²) in [6, 6.07) is 6.09. The minimum Gasteiger partial charge on any atom is -0.477 e. The molecule has 1 unspecified atom stereocenters. The van der Waals surface area contributed by atoms with E-state index in [-0.39, 0.29) is 26.8 Å². The van der Waals surface area contributed by atoms with E-state index in [1.54, 1.807) is 29.2 Å². The molecule has 1 amide bonds. The van der Waals surface area contributed by atoms with Crippen molar-refractivity contribution in [3.05, 3.63) is 47.4 Å². The molecule has 47 heavy (non-hydrogen) atoms. The quantitative estimate of drug-likeness (QED) is 0.218. The van der Waals surface area contributed by atoms with Crippen molar-refractivity contribution in [1.82, 2.24) is 34.2 Å². The summed E-state index contributed by atoms with van der Waals surface area (Å²) in [4.78, 5) is 19.8. The molecule has 5 rings (SSSR count). The first kappa shape index (κ1) is 35.3. The zero-order chi connectivity index (χ0) is 34.6. The molecule has 11 nitrogen and oxygen atoms in total. The molecule has 1 aliphatic heterocycles. The van der Waals surface area contributed by atoms with Gasteiger partial charge in [-0.15, -0.1) is 5.10 Å². The Balaban J connectivity index is 1.13. The Hall–Kier alpha value is -2.96. The van der Waals surface area contributed by atoms with Crippen LogP contribution in [0.5, 0.6) is 5.88 Å². The molecule has 3 aromatic rings. The van der Waals surface area contributed by atoms with Crippen LogP contribution < -0.4 is 9.46 Å². The van der Waals surface area contributed by atoms with Crippen LogP contribution in [0.25, 0.3) is 5.82 Å². The maximum Gasteiger partial charge on any atom is 0.283 e. The van der Waals surface area contributed by atoms with Gasteiger partial charge in [0.1, 0.15) is 5.15 Å². The Kier molecular flexibility index (Phi) is 9.39. The van der Waals surface area contributed by atoms with E-state index in [1.807, 2.05) is 0 Å². The Labute approximate surface area is 284 Å². The Morgan fingerprint density at radius 1 is 1.02 bits per heavy atom. The second kappa shape index (κ2) is 12.5. The number of nitrogens with zero attached hydrogens (tertiary/aromatic N) is 6. The number of aryl methyl sites for hydroxylation is 1. The van der Waals surface area contributed by atoms with Crippen LogP contribution >= 0.6 is 11.6 Å². The lowest BCUT2D eigenvalue weighted by molar-refractivity contribution is 0.0669. The number of sulfonamides is 1. The molecule has 1 saturated carbocycles. The van der Waals surface area contributed by atoms with Crippen molar-refractivity contribution in [1.29, 1.82) is 0 Å². The summed E-state index contributed by atoms with van der Waals surface area (Å²) < 4.78 is 37.1. The van der Waals surface area contributed by atoms with Gasteiger partial charge in [0, 0.05) is 42.6 Å². The van der Waals surface area contributed by atoms with E-state index in [4.69, 9.17) is 16.3 Å². The van der Waals surface area contributed by atoms with Gasteiger partial charge in [0.25, 0.3) is 15.9 Å². The highest BCUT2D eigenvalue weighted by Gasteiger charge is 2.63. The van der Waals surface area contributed by atoms with Gasteiger partial charge in [-0.2, -0.15) is 13.5 Å². The fourth-order valence-corrected chi connectivity index (χ4v) is 8.86. The van der Waals surface area contributed by atoms with E-state index < -0.39 is 15.9 Å². The average molecular weight is 688 g/mol. The van der Waals surface area contributed by atoms with Crippen LogP contribution in [-0.4, -0.2) is 68.0 Å². The SMILES string of the molecule is CC(C)(C)N1CC(CCCn2ccc(S(=O)(=O)NC(=O)c3ccc(-n4ccc(OCCC5C(C)(C)C5(C)C)n4)nc3Cl)n2)CC1(C)C. The molecule has 4 heterocycles. The van der Waals surface area contributed by atoms with E-state index in [2.05, 4.69) is 87.1 Å². The largest absolute Gasteiger partial charge is 0.477 e. The molecule has 1 N–H and O–H groups in total. The lowest BCUT2D eigenvalue weighted by Crippen LogP contribution is -2.50. The van der Waals surface area contributed by atoms with Crippen LogP contribution in [-0.2, 0) is 16.6 Å². The predicted octanol–water partition coefficient (Wildman–Crippen LogP) is 6.37. The third-order valence-corrected chi connectivity index (χ3v) is 12.3. The number of ether oxygens (including phenoxy) is 1. The van der Waals surface area contributed by atoms with Crippen LogP contribution in [0.3, 0.4) is 0 Å². The molecular weight excluding hydrogens is 638 g/mol. The summed E-state index contributed by atoms with van der Waals surface area (Å²) in [5.74, 6) is 1.09. The highest BCUT2D eigenvalue weighted by atomic mass is 35.5. The first-order chi connectivity index (χ1) is 21.7. The van der Waals surface area contributed by atoms with Crippen LogP contribution in [0.15, 0.2) is 41.7 Å². The first-order valence-corrected chi connectivity index (χ1v) is 18.3. The predicted molar refractivity (Wildman–Crippen MR) is 182 cm³/mol. The summed E-state index contributed by atoms with van der Waals surface area (Å²) in [6.07, 6.45) is 7.29. The van der Waals surface area contributed by atoms with Gasteiger partial charge < -0.3 is 4.74 Å². The maximum absolute atomic E-state index is 13.0. The molecular formula is C34H50ClN7O4S. The molecule has 0 aromatic carbocycles. The monoisotopic (exact) mass is 687 g/mol. The van der Waals surface area contributed by atoms with Gasteiger partial charge in [-0.3, -0.25) is 14.4 Å². The molecule has 3 aromatic heterocycles. The molecule has 0 spiro atoms. The van der Waals surface area contributed by atoms with Crippen molar-refractivity contribution in [2.75, 3.05) is 13.2 Å². The smallest absolute Gasteiger partial charge is 0.283 e. The Morgan fingerprint density at radius 2 is 1.72 bits per heavy atom. The topological polar surface area (TPSA) is 124 Å². The Morgan fingerprint density at radius 3 is 2.34 bits per heavy atom. The van der Waals surface area contributed by atoms with Crippen molar-refractivity contribution in [3.63, 3.8) is 0 Å². The standard InChI is InChI=1S/C34H50ClN7O4S/c1-31(2,3)42-22-23(21-32(42,4)5)11-10-17-40-18-15-28(38-40)47(44,45)39-30(43)24-12-13-26(36-29(24)35)41-19-14-27(37-41)46-20-16-25-33(6,7)34(25,8)9/h12-15,18-19,23,25H,10-11,16-17,20-22H2,1-9H3,(H,39,43). The lowest BCUT2D eigenvalue weighted by Gasteiger charge is -2.42. The van der Waals surface area contributed by atoms with Gasteiger partial charge in [0.2, 0.25) is 5.88 Å². The molecule has 1 atom stereocenters. The van der Waals surface area contributed by atoms with Crippen molar-refractivity contribution < 1.29 is 17.9 Å². The van der Waals surface area contributed by atoms with Gasteiger partial charge >= 0.3 is 0 Å². The van der Waals surface area contributed by atoms with Crippen molar-refractivity contribution in [2.24, 2.45) is 22.7 Å². The highest BCUT2D eigenvalue weighted by Crippen LogP contribution is 2.69. The number of nitrogens with one attached hydrogen (secondary N) is 1. The van der Waals surface area contributed by atoms with E-state index in [9.17, 15) is 13.2 Å². The summed E-state index contributed by atoms with van der Waals surface area (Å²) in [6.45, 7) is 22.7. The third kappa shape index (κ3) is 7.39. The normalized spacial score (nSPS) is 20.8. The summed E-state index contributed by atoms with van der Waals surface area (Å²) in [7, 11) is -4.23. The van der Waals surface area contributed by atoms with Crippen molar-refractivity contribution >= 4 is 27.5 Å². The van der Waals surface area contributed by atoms with E-state index >= 15 is 0 Å². The van der Waals surface area contributed by atoms with E-state index in [0.717, 1.165) is 32.2 Å². The van der Waals surface area contributed by atoms with Crippen molar-refractivity contribution in [3.8, 4) is 11.7 Å². The van der Waals surface area contributed by atoms with Crippen LogP contribution in [0.1, 0.15) is 98.4 Å². The summed E-state index contributed by atoms with van der Waals surface area (Å²) in [5, 5.41) is 8.26. The highest BCUT2D eigenvalue weighted by molar-refractivity contribution is 7.90. The number of likely N-dealkylation sites (tertiary alicyclic amines) is 1. The second-order valence-electron chi connectivity index (χ2n) is 15.9. The minimum atomic E-state index is -4.23. The molecule has 0 bridgehead atoms. The maximum atomic E-state index is 13.0. The second-order valence-corrected chi connectivity index (χ2v) is 17.9. The van der Waals surface area contributed by atoms with Crippen LogP contribution in [0.4, 0.5) is 0 Å². The summed E-state index contributed by atoms with van der Waals surface area (Å²) >= 11 is 6.34. The van der Waals surface area contributed by atoms with E-state index in [1.165, 1.54) is 16.8 Å². The van der Waals surface area contributed by atoms with Crippen molar-refractivity contribution in [2.45, 2.75) is 111 Å². The number of halogens is 1. The molecule has 2 fully saturated rings. The number of amides is 1. The minimum absolute atomic E-state index is 0.0829. The molecule has 2 aliphatic rings. The number of carbonyl (C=O) groups is 1. The van der Waals surface area contributed by atoms with E-state index in [0.29, 0.717) is 47.5 Å². The number of aromatic nitrogens is 5. The molecule has 0 radical (unpaired) electrons. The number of carbonyl (C=O) groups excluding carboxylic acids is 1. The number of hydrogen-bond donors (Lipinski definition) is 1. The molecule has 258 valence electrons. The zero-order valence-corrected chi connectivity index (χ0v) is 30.7. The van der Waals surface area contributed by atoms with Gasteiger partial charge in [0.05, 0.1) is 12.2 Å². The average Bonchev–Trinajstić information content (AvgIpc) is 3.55. The van der Waals surface area contributed by atoms with Crippen LogP contribution in [0, 0.1) is 22.7 Å². The van der Waals surface area contributed by atoms with Gasteiger partial charge in [-0.25, -0.2) is 14.4 Å². The molecule has 13 heteroatoms. The first-order valence-electron chi connectivity index (χ1n) is 16.5. The molecule has 1 saturated heterocycles. The number of hydrogen-bond acceptors (Lipinski definition) is 8. The van der Waals surface area contributed by atoms with Gasteiger partial charge in [-0.05, 0) is 101 Å². The number of rotatable bonds is 12. The van der Waals surface area contributed by atoms with Gasteiger partial charge in [0.15, 0.2) is 10.8 Å². The lowest BCUT2D eigenvalue weighted by atomic mass is 9.92. The fraction of sp³-hybridized carbons (Fsp3) is 0.647. The van der Waals surface area contributed by atoms with Gasteiger partial charge in [-0.1, -0.05) is 39.3 Å².